The van der Waals surface area contributed by atoms with Crippen molar-refractivity contribution >= 4 is 11.6 Å². The molecule has 0 radical (unpaired) electrons. The third-order valence-electron chi connectivity index (χ3n) is 3.26. The summed E-state index contributed by atoms with van der Waals surface area (Å²) in [6.45, 7) is 4.84. The first-order valence-electron chi connectivity index (χ1n) is 6.70. The zero-order valence-electron chi connectivity index (χ0n) is 11.7. The molecule has 2 rings (SSSR count). The van der Waals surface area contributed by atoms with E-state index in [0.717, 1.165) is 17.8 Å². The average Bonchev–Trinajstić information content (AvgIpc) is 2.43. The molecule has 0 aliphatic carbocycles. The van der Waals surface area contributed by atoms with E-state index in [1.54, 1.807) is 18.3 Å². The SMILES string of the molecule is CCNC(Cc1cc(Cl)ccc1F)c1ncccc1C. The lowest BCUT2D eigenvalue weighted by Gasteiger charge is -2.19. The minimum absolute atomic E-state index is 0.0193. The van der Waals surface area contributed by atoms with Gasteiger partial charge in [-0.05, 0) is 55.3 Å². The van der Waals surface area contributed by atoms with Crippen LogP contribution < -0.4 is 5.32 Å². The summed E-state index contributed by atoms with van der Waals surface area (Å²) >= 11 is 5.95. The summed E-state index contributed by atoms with van der Waals surface area (Å²) in [5.74, 6) is -0.231. The summed E-state index contributed by atoms with van der Waals surface area (Å²) in [6.07, 6.45) is 2.29. The van der Waals surface area contributed by atoms with Gasteiger partial charge in [-0.25, -0.2) is 4.39 Å². The van der Waals surface area contributed by atoms with Gasteiger partial charge in [-0.2, -0.15) is 0 Å². The van der Waals surface area contributed by atoms with E-state index in [2.05, 4.69) is 10.3 Å². The number of hydrogen-bond acceptors (Lipinski definition) is 2. The highest BCUT2D eigenvalue weighted by Gasteiger charge is 2.17. The highest BCUT2D eigenvalue weighted by molar-refractivity contribution is 6.30. The molecule has 1 aromatic carbocycles. The molecule has 2 aromatic rings. The van der Waals surface area contributed by atoms with Crippen LogP contribution in [0.15, 0.2) is 36.5 Å². The van der Waals surface area contributed by atoms with E-state index < -0.39 is 0 Å². The Morgan fingerprint density at radius 1 is 1.35 bits per heavy atom. The predicted molar refractivity (Wildman–Crippen MR) is 80.5 cm³/mol. The molecule has 1 unspecified atom stereocenters. The molecule has 1 N–H and O–H groups in total. The maximum atomic E-state index is 13.9. The van der Waals surface area contributed by atoms with E-state index in [1.165, 1.54) is 6.07 Å². The molecule has 4 heteroatoms. The third-order valence-corrected chi connectivity index (χ3v) is 3.50. The normalized spacial score (nSPS) is 12.4. The molecular formula is C16H18ClFN2. The van der Waals surface area contributed by atoms with Gasteiger partial charge in [-0.3, -0.25) is 4.98 Å². The zero-order chi connectivity index (χ0) is 14.5. The maximum Gasteiger partial charge on any atom is 0.126 e. The van der Waals surface area contributed by atoms with E-state index in [1.807, 2.05) is 26.0 Å². The van der Waals surface area contributed by atoms with Crippen LogP contribution in [0.4, 0.5) is 4.39 Å². The van der Waals surface area contributed by atoms with Crippen molar-refractivity contribution < 1.29 is 4.39 Å². The molecule has 106 valence electrons. The molecular weight excluding hydrogens is 275 g/mol. The van der Waals surface area contributed by atoms with Gasteiger partial charge in [0.15, 0.2) is 0 Å². The molecule has 1 aromatic heterocycles. The second kappa shape index (κ2) is 6.82. The molecule has 0 bridgehead atoms. The molecule has 1 atom stereocenters. The Labute approximate surface area is 124 Å². The average molecular weight is 293 g/mol. The van der Waals surface area contributed by atoms with Crippen LogP contribution in [0.25, 0.3) is 0 Å². The standard InChI is InChI=1S/C16H18ClFN2/c1-3-19-15(16-11(2)5-4-8-20-16)10-12-9-13(17)6-7-14(12)18/h4-9,15,19H,3,10H2,1-2H3. The molecule has 2 nitrogen and oxygen atoms in total. The lowest BCUT2D eigenvalue weighted by atomic mass is 9.99. The first kappa shape index (κ1) is 14.9. The maximum absolute atomic E-state index is 13.9. The van der Waals surface area contributed by atoms with Gasteiger partial charge >= 0.3 is 0 Å². The Hall–Kier alpha value is -1.45. The van der Waals surface area contributed by atoms with Gasteiger partial charge in [0.05, 0.1) is 11.7 Å². The van der Waals surface area contributed by atoms with Crippen LogP contribution in [0.1, 0.15) is 29.8 Å². The fourth-order valence-corrected chi connectivity index (χ4v) is 2.49. The van der Waals surface area contributed by atoms with Crippen molar-refractivity contribution in [3.63, 3.8) is 0 Å². The highest BCUT2D eigenvalue weighted by Crippen LogP contribution is 2.23. The fourth-order valence-electron chi connectivity index (χ4n) is 2.29. The number of aromatic nitrogens is 1. The molecule has 0 spiro atoms. The Morgan fingerprint density at radius 3 is 2.85 bits per heavy atom. The van der Waals surface area contributed by atoms with E-state index >= 15 is 0 Å². The minimum atomic E-state index is -0.231. The van der Waals surface area contributed by atoms with Crippen LogP contribution in [-0.2, 0) is 6.42 Å². The van der Waals surface area contributed by atoms with Crippen LogP contribution in [0.3, 0.4) is 0 Å². The third kappa shape index (κ3) is 3.56. The van der Waals surface area contributed by atoms with Crippen LogP contribution in [0.2, 0.25) is 5.02 Å². The fraction of sp³-hybridized carbons (Fsp3) is 0.312. The Morgan fingerprint density at radius 2 is 2.15 bits per heavy atom. The van der Waals surface area contributed by atoms with Crippen molar-refractivity contribution in [2.24, 2.45) is 0 Å². The van der Waals surface area contributed by atoms with Crippen LogP contribution in [0, 0.1) is 12.7 Å². The highest BCUT2D eigenvalue weighted by atomic mass is 35.5. The van der Waals surface area contributed by atoms with Crippen molar-refractivity contribution in [2.45, 2.75) is 26.3 Å². The van der Waals surface area contributed by atoms with Crippen molar-refractivity contribution in [3.8, 4) is 0 Å². The number of pyridine rings is 1. The molecule has 0 fully saturated rings. The summed E-state index contributed by atoms with van der Waals surface area (Å²) in [4.78, 5) is 4.43. The van der Waals surface area contributed by atoms with E-state index in [4.69, 9.17) is 11.6 Å². The van der Waals surface area contributed by atoms with Crippen molar-refractivity contribution in [1.82, 2.24) is 10.3 Å². The van der Waals surface area contributed by atoms with Gasteiger partial charge < -0.3 is 5.32 Å². The smallest absolute Gasteiger partial charge is 0.126 e. The summed E-state index contributed by atoms with van der Waals surface area (Å²) in [5.41, 5.74) is 2.66. The van der Waals surface area contributed by atoms with Gasteiger partial charge in [0, 0.05) is 11.2 Å². The van der Waals surface area contributed by atoms with Crippen LogP contribution >= 0.6 is 11.6 Å². The number of hydrogen-bond donors (Lipinski definition) is 1. The molecule has 0 aliphatic heterocycles. The number of nitrogens with zero attached hydrogens (tertiary/aromatic N) is 1. The molecule has 20 heavy (non-hydrogen) atoms. The summed E-state index contributed by atoms with van der Waals surface area (Å²) < 4.78 is 13.9. The van der Waals surface area contributed by atoms with Gasteiger partial charge in [0.1, 0.15) is 5.82 Å². The van der Waals surface area contributed by atoms with Crippen LogP contribution in [-0.4, -0.2) is 11.5 Å². The topological polar surface area (TPSA) is 24.9 Å². The molecule has 0 saturated carbocycles. The second-order valence-corrected chi connectivity index (χ2v) is 5.19. The van der Waals surface area contributed by atoms with Crippen molar-refractivity contribution in [3.05, 3.63) is 64.2 Å². The Bertz CT molecular complexity index is 586. The van der Waals surface area contributed by atoms with Crippen molar-refractivity contribution in [2.75, 3.05) is 6.54 Å². The first-order chi connectivity index (χ1) is 9.61. The van der Waals surface area contributed by atoms with E-state index in [-0.39, 0.29) is 11.9 Å². The molecule has 1 heterocycles. The second-order valence-electron chi connectivity index (χ2n) is 4.76. The van der Waals surface area contributed by atoms with Gasteiger partial charge in [0.25, 0.3) is 0 Å². The Balaban J connectivity index is 2.30. The monoisotopic (exact) mass is 292 g/mol. The quantitative estimate of drug-likeness (QED) is 0.898. The number of rotatable bonds is 5. The molecule has 0 saturated heterocycles. The molecule has 0 aliphatic rings. The van der Waals surface area contributed by atoms with Gasteiger partial charge in [-0.15, -0.1) is 0 Å². The van der Waals surface area contributed by atoms with Crippen molar-refractivity contribution in [1.29, 1.82) is 0 Å². The van der Waals surface area contributed by atoms with E-state index in [9.17, 15) is 4.39 Å². The minimum Gasteiger partial charge on any atom is -0.309 e. The number of likely N-dealkylation sites (N-methyl/N-ethyl adjacent to an activating group) is 1. The predicted octanol–water partition coefficient (Wildman–Crippen LogP) is 4.08. The van der Waals surface area contributed by atoms with Crippen LogP contribution in [0.5, 0.6) is 0 Å². The van der Waals surface area contributed by atoms with Gasteiger partial charge in [0.2, 0.25) is 0 Å². The number of nitrogens with one attached hydrogen (secondary N) is 1. The van der Waals surface area contributed by atoms with E-state index in [0.29, 0.717) is 17.0 Å². The first-order valence-corrected chi connectivity index (χ1v) is 7.08. The Kier molecular flexibility index (Phi) is 5.10. The summed E-state index contributed by atoms with van der Waals surface area (Å²) in [7, 11) is 0. The largest absolute Gasteiger partial charge is 0.309 e. The van der Waals surface area contributed by atoms with Gasteiger partial charge in [-0.1, -0.05) is 24.6 Å². The lowest BCUT2D eigenvalue weighted by Crippen LogP contribution is -2.25. The lowest BCUT2D eigenvalue weighted by molar-refractivity contribution is 0.515. The number of halogens is 2. The number of aryl methyl sites for hydroxylation is 1. The zero-order valence-corrected chi connectivity index (χ0v) is 12.4. The summed E-state index contributed by atoms with van der Waals surface area (Å²) in [6, 6.07) is 8.55. The number of benzene rings is 1. The summed E-state index contributed by atoms with van der Waals surface area (Å²) in [5, 5.41) is 3.91. The molecule has 0 amide bonds.